The molecule has 22 heavy (non-hydrogen) atoms. The molecule has 0 unspecified atom stereocenters. The molecule has 0 aliphatic carbocycles. The van der Waals surface area contributed by atoms with Crippen LogP contribution in [0.2, 0.25) is 0 Å². The van der Waals surface area contributed by atoms with Crippen LogP contribution in [0.5, 0.6) is 11.5 Å². The number of carbonyl (C=O) groups excluding carboxylic acids is 1. The number of ether oxygens (including phenoxy) is 2. The fourth-order valence-electron chi connectivity index (χ4n) is 2.01. The summed E-state index contributed by atoms with van der Waals surface area (Å²) in [5, 5.41) is 2.90. The molecule has 0 saturated heterocycles. The maximum Gasteiger partial charge on any atom is 0.258 e. The predicted octanol–water partition coefficient (Wildman–Crippen LogP) is 3.23. The fourth-order valence-corrected chi connectivity index (χ4v) is 2.80. The number of nitrogens with one attached hydrogen (secondary N) is 1. The summed E-state index contributed by atoms with van der Waals surface area (Å²) in [7, 11) is 3.08. The van der Waals surface area contributed by atoms with Crippen LogP contribution in [-0.4, -0.2) is 32.4 Å². The molecule has 0 saturated carbocycles. The van der Waals surface area contributed by atoms with E-state index in [9.17, 15) is 4.79 Å². The number of hydrogen-bond donors (Lipinski definition) is 1. The molecule has 1 amide bonds. The van der Waals surface area contributed by atoms with Crippen molar-refractivity contribution in [3.05, 3.63) is 54.1 Å². The van der Waals surface area contributed by atoms with Crippen molar-refractivity contribution >= 4 is 17.7 Å². The van der Waals surface area contributed by atoms with E-state index in [-0.39, 0.29) is 5.91 Å². The fraction of sp³-hybridized carbons (Fsp3) is 0.235. The Morgan fingerprint density at radius 2 is 1.64 bits per heavy atom. The van der Waals surface area contributed by atoms with Gasteiger partial charge in [0.05, 0.1) is 14.2 Å². The van der Waals surface area contributed by atoms with Crippen molar-refractivity contribution in [3.8, 4) is 11.5 Å². The molecule has 116 valence electrons. The van der Waals surface area contributed by atoms with Crippen LogP contribution < -0.4 is 14.8 Å². The van der Waals surface area contributed by atoms with Crippen LogP contribution in [0.15, 0.2) is 53.4 Å². The zero-order chi connectivity index (χ0) is 15.8. The Bertz CT molecular complexity index is 594. The molecule has 2 rings (SSSR count). The van der Waals surface area contributed by atoms with E-state index in [1.165, 1.54) is 19.1 Å². The van der Waals surface area contributed by atoms with E-state index in [0.717, 1.165) is 5.75 Å². The van der Waals surface area contributed by atoms with Crippen LogP contribution in [0, 0.1) is 0 Å². The van der Waals surface area contributed by atoms with E-state index in [4.69, 9.17) is 9.47 Å². The van der Waals surface area contributed by atoms with Gasteiger partial charge >= 0.3 is 0 Å². The quantitative estimate of drug-likeness (QED) is 0.629. The van der Waals surface area contributed by atoms with E-state index in [1.54, 1.807) is 30.0 Å². The van der Waals surface area contributed by atoms with Gasteiger partial charge < -0.3 is 14.8 Å². The number of methoxy groups -OCH3 is 2. The van der Waals surface area contributed by atoms with E-state index >= 15 is 0 Å². The molecule has 0 aliphatic heterocycles. The second-order valence-electron chi connectivity index (χ2n) is 4.45. The van der Waals surface area contributed by atoms with Crippen molar-refractivity contribution in [2.45, 2.75) is 4.90 Å². The van der Waals surface area contributed by atoms with Crippen LogP contribution in [0.25, 0.3) is 0 Å². The summed E-state index contributed by atoms with van der Waals surface area (Å²) in [6, 6.07) is 15.4. The van der Waals surface area contributed by atoms with Gasteiger partial charge in [-0.25, -0.2) is 0 Å². The zero-order valence-corrected chi connectivity index (χ0v) is 13.5. The Morgan fingerprint density at radius 3 is 2.23 bits per heavy atom. The van der Waals surface area contributed by atoms with Gasteiger partial charge in [-0.2, -0.15) is 0 Å². The molecule has 0 aliphatic rings. The second kappa shape index (κ2) is 8.34. The maximum absolute atomic E-state index is 12.3. The molecule has 0 spiro atoms. The lowest BCUT2D eigenvalue weighted by molar-refractivity contribution is 0.0950. The Balaban J connectivity index is 1.92. The average Bonchev–Trinajstić information content (AvgIpc) is 2.58. The largest absolute Gasteiger partial charge is 0.496 e. The third-order valence-corrected chi connectivity index (χ3v) is 4.07. The lowest BCUT2D eigenvalue weighted by Crippen LogP contribution is -2.26. The Labute approximate surface area is 134 Å². The van der Waals surface area contributed by atoms with Crippen LogP contribution in [0.1, 0.15) is 10.4 Å². The number of amides is 1. The molecule has 1 N–H and O–H groups in total. The van der Waals surface area contributed by atoms with Gasteiger partial charge in [0, 0.05) is 17.2 Å². The number of thioether (sulfide) groups is 1. The molecule has 0 aromatic heterocycles. The second-order valence-corrected chi connectivity index (χ2v) is 5.62. The van der Waals surface area contributed by atoms with Gasteiger partial charge in [0.1, 0.15) is 17.1 Å². The lowest BCUT2D eigenvalue weighted by atomic mass is 10.1. The highest BCUT2D eigenvalue weighted by molar-refractivity contribution is 7.99. The third-order valence-electron chi connectivity index (χ3n) is 3.05. The van der Waals surface area contributed by atoms with Gasteiger partial charge in [-0.3, -0.25) is 4.79 Å². The first-order valence-electron chi connectivity index (χ1n) is 6.93. The molecule has 4 nitrogen and oxygen atoms in total. The molecule has 0 atom stereocenters. The molecule has 2 aromatic carbocycles. The topological polar surface area (TPSA) is 47.6 Å². The summed E-state index contributed by atoms with van der Waals surface area (Å²) in [6.45, 7) is 0.569. The summed E-state index contributed by atoms with van der Waals surface area (Å²) in [6.07, 6.45) is 0. The summed E-state index contributed by atoms with van der Waals surface area (Å²) in [5.41, 5.74) is 0.428. The monoisotopic (exact) mass is 317 g/mol. The van der Waals surface area contributed by atoms with Gasteiger partial charge in [-0.05, 0) is 24.3 Å². The van der Waals surface area contributed by atoms with Crippen LogP contribution in [0.3, 0.4) is 0 Å². The molecule has 0 heterocycles. The van der Waals surface area contributed by atoms with Crippen molar-refractivity contribution in [1.82, 2.24) is 5.32 Å². The first-order chi connectivity index (χ1) is 10.8. The molecule has 0 bridgehead atoms. The predicted molar refractivity (Wildman–Crippen MR) is 89.0 cm³/mol. The minimum Gasteiger partial charge on any atom is -0.496 e. The minimum atomic E-state index is -0.192. The Hall–Kier alpha value is -2.14. The minimum absolute atomic E-state index is 0.192. The van der Waals surface area contributed by atoms with E-state index in [2.05, 4.69) is 17.4 Å². The van der Waals surface area contributed by atoms with E-state index in [0.29, 0.717) is 23.6 Å². The first-order valence-corrected chi connectivity index (χ1v) is 7.92. The highest BCUT2D eigenvalue weighted by atomic mass is 32.2. The molecule has 5 heteroatoms. The molecular formula is C17H19NO3S. The summed E-state index contributed by atoms with van der Waals surface area (Å²) in [4.78, 5) is 13.5. The van der Waals surface area contributed by atoms with Gasteiger partial charge in [-0.15, -0.1) is 11.8 Å². The van der Waals surface area contributed by atoms with Crippen LogP contribution in [-0.2, 0) is 0 Å². The number of rotatable bonds is 7. The summed E-state index contributed by atoms with van der Waals surface area (Å²) in [5.74, 6) is 1.62. The van der Waals surface area contributed by atoms with Gasteiger partial charge in [-0.1, -0.05) is 24.3 Å². The third kappa shape index (κ3) is 4.18. The first kappa shape index (κ1) is 16.2. The van der Waals surface area contributed by atoms with E-state index < -0.39 is 0 Å². The SMILES string of the molecule is COc1cccc(OC)c1C(=O)NCCSc1ccccc1. The number of benzene rings is 2. The smallest absolute Gasteiger partial charge is 0.258 e. The summed E-state index contributed by atoms with van der Waals surface area (Å²) >= 11 is 1.70. The van der Waals surface area contributed by atoms with Gasteiger partial charge in [0.15, 0.2) is 0 Å². The van der Waals surface area contributed by atoms with Crippen LogP contribution >= 0.6 is 11.8 Å². The molecule has 0 radical (unpaired) electrons. The van der Waals surface area contributed by atoms with Gasteiger partial charge in [0.2, 0.25) is 0 Å². The summed E-state index contributed by atoms with van der Waals surface area (Å²) < 4.78 is 10.5. The molecular weight excluding hydrogens is 298 g/mol. The lowest BCUT2D eigenvalue weighted by Gasteiger charge is -2.12. The van der Waals surface area contributed by atoms with Crippen molar-refractivity contribution in [1.29, 1.82) is 0 Å². The number of hydrogen-bond acceptors (Lipinski definition) is 4. The van der Waals surface area contributed by atoms with Crippen LogP contribution in [0.4, 0.5) is 0 Å². The van der Waals surface area contributed by atoms with Crippen molar-refractivity contribution in [2.75, 3.05) is 26.5 Å². The van der Waals surface area contributed by atoms with Crippen molar-refractivity contribution < 1.29 is 14.3 Å². The van der Waals surface area contributed by atoms with E-state index in [1.807, 2.05) is 18.2 Å². The highest BCUT2D eigenvalue weighted by Crippen LogP contribution is 2.28. The van der Waals surface area contributed by atoms with Crippen molar-refractivity contribution in [2.24, 2.45) is 0 Å². The standard InChI is InChI=1S/C17H19NO3S/c1-20-14-9-6-10-15(21-2)16(14)17(19)18-11-12-22-13-7-4-3-5-8-13/h3-10H,11-12H2,1-2H3,(H,18,19). The molecule has 2 aromatic rings. The number of carbonyl (C=O) groups is 1. The molecule has 0 fully saturated rings. The highest BCUT2D eigenvalue weighted by Gasteiger charge is 2.17. The Kier molecular flexibility index (Phi) is 6.15. The maximum atomic E-state index is 12.3. The normalized spacial score (nSPS) is 10.1. The zero-order valence-electron chi connectivity index (χ0n) is 12.7. The average molecular weight is 317 g/mol. The van der Waals surface area contributed by atoms with Crippen molar-refractivity contribution in [3.63, 3.8) is 0 Å². The van der Waals surface area contributed by atoms with Gasteiger partial charge in [0.25, 0.3) is 5.91 Å². The Morgan fingerprint density at radius 1 is 1.00 bits per heavy atom.